The highest BCUT2D eigenvalue weighted by Crippen LogP contribution is 2.35. The average Bonchev–Trinajstić information content (AvgIpc) is 2.82. The number of hydrogen-bond donors (Lipinski definition) is 2. The minimum atomic E-state index is -4.43. The van der Waals surface area contributed by atoms with E-state index < -0.39 is 28.4 Å². The number of aliphatic hydroxyl groups is 1. The maximum atomic E-state index is 13.4. The van der Waals surface area contributed by atoms with Crippen LogP contribution in [0.15, 0.2) is 59.5 Å². The number of aliphatic hydroxyl groups excluding tert-OH is 1. The second-order valence-corrected chi connectivity index (χ2v) is 9.97. The van der Waals surface area contributed by atoms with Crippen molar-refractivity contribution in [2.75, 3.05) is 17.5 Å². The summed E-state index contributed by atoms with van der Waals surface area (Å²) >= 11 is 6.16. The van der Waals surface area contributed by atoms with E-state index in [2.05, 4.69) is 4.98 Å². The Labute approximate surface area is 199 Å². The highest BCUT2D eigenvalue weighted by Gasteiger charge is 2.32. The SMILES string of the molecule is N=C(CO)c1ccc(S(=O)(=O)N2CCCc3nc(-c4ccc(C(F)(F)F)cc4)ccc32)cc1Cl. The lowest BCUT2D eigenvalue weighted by Gasteiger charge is -2.30. The number of anilines is 1. The molecule has 0 amide bonds. The van der Waals surface area contributed by atoms with Crippen molar-refractivity contribution < 1.29 is 26.7 Å². The first-order valence-electron chi connectivity index (χ1n) is 10.2. The topological polar surface area (TPSA) is 94.3 Å². The van der Waals surface area contributed by atoms with Crippen LogP contribution in [0.5, 0.6) is 0 Å². The fourth-order valence-corrected chi connectivity index (χ4v) is 5.68. The molecule has 0 spiro atoms. The molecule has 0 saturated heterocycles. The number of sulfonamides is 1. The van der Waals surface area contributed by atoms with Gasteiger partial charge in [-0.05, 0) is 49.2 Å². The van der Waals surface area contributed by atoms with Gasteiger partial charge in [-0.15, -0.1) is 0 Å². The summed E-state index contributed by atoms with van der Waals surface area (Å²) in [5.74, 6) is 0. The molecule has 0 saturated carbocycles. The molecule has 2 N–H and O–H groups in total. The van der Waals surface area contributed by atoms with E-state index >= 15 is 0 Å². The van der Waals surface area contributed by atoms with Gasteiger partial charge in [-0.25, -0.2) is 8.42 Å². The molecule has 4 rings (SSSR count). The van der Waals surface area contributed by atoms with E-state index in [1.807, 2.05) is 0 Å². The molecular formula is C23H19ClF3N3O3S. The number of halogens is 4. The van der Waals surface area contributed by atoms with Crippen molar-refractivity contribution >= 4 is 33.0 Å². The van der Waals surface area contributed by atoms with Gasteiger partial charge < -0.3 is 10.5 Å². The first-order chi connectivity index (χ1) is 16.0. The molecular weight excluding hydrogens is 491 g/mol. The molecule has 2 heterocycles. The van der Waals surface area contributed by atoms with Crippen molar-refractivity contribution in [3.8, 4) is 11.3 Å². The van der Waals surface area contributed by atoms with E-state index in [1.165, 1.54) is 34.6 Å². The van der Waals surface area contributed by atoms with Gasteiger partial charge in [-0.2, -0.15) is 13.2 Å². The Kier molecular flexibility index (Phi) is 6.41. The molecule has 0 unspecified atom stereocenters. The number of nitrogens with zero attached hydrogens (tertiary/aromatic N) is 2. The molecule has 3 aromatic rings. The van der Waals surface area contributed by atoms with Crippen LogP contribution in [0.4, 0.5) is 18.9 Å². The molecule has 1 aromatic heterocycles. The smallest absolute Gasteiger partial charge is 0.390 e. The molecule has 178 valence electrons. The number of rotatable bonds is 5. The minimum absolute atomic E-state index is 0.0353. The third kappa shape index (κ3) is 4.53. The van der Waals surface area contributed by atoms with E-state index in [9.17, 15) is 21.6 Å². The summed E-state index contributed by atoms with van der Waals surface area (Å²) in [6.45, 7) is -0.305. The number of alkyl halides is 3. The number of aryl methyl sites for hydroxylation is 1. The van der Waals surface area contributed by atoms with Crippen LogP contribution in [0.25, 0.3) is 11.3 Å². The van der Waals surface area contributed by atoms with E-state index in [0.29, 0.717) is 35.5 Å². The lowest BCUT2D eigenvalue weighted by atomic mass is 10.1. The molecule has 11 heteroatoms. The molecule has 34 heavy (non-hydrogen) atoms. The molecule has 1 aliphatic heterocycles. The van der Waals surface area contributed by atoms with E-state index in [0.717, 1.165) is 12.1 Å². The van der Waals surface area contributed by atoms with Crippen LogP contribution in [0.2, 0.25) is 5.02 Å². The fourth-order valence-electron chi connectivity index (χ4n) is 3.77. The summed E-state index contributed by atoms with van der Waals surface area (Å²) < 4.78 is 66.5. The van der Waals surface area contributed by atoms with Crippen molar-refractivity contribution in [1.82, 2.24) is 4.98 Å². The first-order valence-corrected chi connectivity index (χ1v) is 12.0. The van der Waals surface area contributed by atoms with Gasteiger partial charge in [0, 0.05) is 17.7 Å². The number of nitrogens with one attached hydrogen (secondary N) is 1. The Morgan fingerprint density at radius 3 is 2.44 bits per heavy atom. The second kappa shape index (κ2) is 9.01. The van der Waals surface area contributed by atoms with E-state index in [-0.39, 0.29) is 27.7 Å². The predicted molar refractivity (Wildman–Crippen MR) is 123 cm³/mol. The molecule has 0 radical (unpaired) electrons. The number of pyridine rings is 1. The standard InChI is InChI=1S/C23H19ClF3N3O3S/c24-18-12-16(7-8-17(18)19(28)13-31)34(32,33)30-11-1-2-21-22(30)10-9-20(29-21)14-3-5-15(6-4-14)23(25,26)27/h3-10,12,28,31H,1-2,11,13H2. The third-order valence-corrected chi connectivity index (χ3v) is 7.64. The average molecular weight is 510 g/mol. The van der Waals surface area contributed by atoms with Crippen LogP contribution in [-0.4, -0.2) is 37.4 Å². The molecule has 0 bridgehead atoms. The number of fused-ring (bicyclic) bond motifs is 1. The van der Waals surface area contributed by atoms with Gasteiger partial charge in [-0.1, -0.05) is 29.8 Å². The van der Waals surface area contributed by atoms with Crippen LogP contribution >= 0.6 is 11.6 Å². The van der Waals surface area contributed by atoms with Gasteiger partial charge in [0.2, 0.25) is 0 Å². The number of hydrogen-bond acceptors (Lipinski definition) is 5. The summed E-state index contributed by atoms with van der Waals surface area (Å²) in [4.78, 5) is 4.47. The Hall–Kier alpha value is -2.95. The van der Waals surface area contributed by atoms with Crippen LogP contribution in [-0.2, 0) is 22.6 Å². The monoisotopic (exact) mass is 509 g/mol. The van der Waals surface area contributed by atoms with Gasteiger partial charge >= 0.3 is 6.18 Å². The zero-order chi connectivity index (χ0) is 24.7. The van der Waals surface area contributed by atoms with Crippen molar-refractivity contribution in [1.29, 1.82) is 5.41 Å². The zero-order valence-electron chi connectivity index (χ0n) is 17.6. The van der Waals surface area contributed by atoms with Crippen LogP contribution in [0.3, 0.4) is 0 Å². The quantitative estimate of drug-likeness (QED) is 0.477. The van der Waals surface area contributed by atoms with Crippen molar-refractivity contribution in [2.24, 2.45) is 0 Å². The largest absolute Gasteiger partial charge is 0.416 e. The minimum Gasteiger partial charge on any atom is -0.390 e. The number of benzene rings is 2. The van der Waals surface area contributed by atoms with Gasteiger partial charge in [0.05, 0.1) is 44.9 Å². The zero-order valence-corrected chi connectivity index (χ0v) is 19.2. The summed E-state index contributed by atoms with van der Waals surface area (Å²) in [6.07, 6.45) is -3.41. The van der Waals surface area contributed by atoms with Gasteiger partial charge in [0.1, 0.15) is 0 Å². The van der Waals surface area contributed by atoms with E-state index in [4.69, 9.17) is 22.1 Å². The molecule has 0 fully saturated rings. The molecule has 2 aromatic carbocycles. The van der Waals surface area contributed by atoms with Gasteiger partial charge in [0.15, 0.2) is 0 Å². The Bertz CT molecular complexity index is 1360. The van der Waals surface area contributed by atoms with Crippen molar-refractivity contribution in [3.05, 3.63) is 76.4 Å². The highest BCUT2D eigenvalue weighted by atomic mass is 35.5. The lowest BCUT2D eigenvalue weighted by Crippen LogP contribution is -2.36. The Balaban J connectivity index is 1.67. The fraction of sp³-hybridized carbons (Fsp3) is 0.217. The van der Waals surface area contributed by atoms with Crippen LogP contribution in [0, 0.1) is 5.41 Å². The summed E-state index contributed by atoms with van der Waals surface area (Å²) in [7, 11) is -4.00. The molecule has 1 aliphatic rings. The molecule has 6 nitrogen and oxygen atoms in total. The summed E-state index contributed by atoms with van der Waals surface area (Å²) in [6, 6.07) is 11.8. The maximum absolute atomic E-state index is 13.4. The van der Waals surface area contributed by atoms with E-state index in [1.54, 1.807) is 12.1 Å². The molecule has 0 atom stereocenters. The highest BCUT2D eigenvalue weighted by molar-refractivity contribution is 7.92. The lowest BCUT2D eigenvalue weighted by molar-refractivity contribution is -0.137. The third-order valence-electron chi connectivity index (χ3n) is 5.51. The van der Waals surface area contributed by atoms with Crippen molar-refractivity contribution in [3.63, 3.8) is 0 Å². The van der Waals surface area contributed by atoms with Crippen LogP contribution in [0.1, 0.15) is 23.2 Å². The van der Waals surface area contributed by atoms with Gasteiger partial charge in [0.25, 0.3) is 10.0 Å². The summed E-state index contributed by atoms with van der Waals surface area (Å²) in [5, 5.41) is 16.9. The Morgan fingerprint density at radius 2 is 1.82 bits per heavy atom. The normalized spacial score (nSPS) is 14.1. The van der Waals surface area contributed by atoms with Gasteiger partial charge in [-0.3, -0.25) is 9.29 Å². The maximum Gasteiger partial charge on any atom is 0.416 e. The van der Waals surface area contributed by atoms with Crippen molar-refractivity contribution in [2.45, 2.75) is 23.9 Å². The molecule has 0 aliphatic carbocycles. The summed E-state index contributed by atoms with van der Waals surface area (Å²) in [5.41, 5.74) is 1.21. The first kappa shape index (κ1) is 24.2. The second-order valence-electron chi connectivity index (χ2n) is 7.70. The Morgan fingerprint density at radius 1 is 1.12 bits per heavy atom. The number of aromatic nitrogens is 1. The van der Waals surface area contributed by atoms with Crippen LogP contribution < -0.4 is 4.31 Å². The predicted octanol–water partition coefficient (Wildman–Crippen LogP) is 4.92.